The molecule has 0 atom stereocenters. The van der Waals surface area contributed by atoms with E-state index in [4.69, 9.17) is 0 Å². The molecule has 0 radical (unpaired) electrons. The molecule has 69 heavy (non-hydrogen) atoms. The summed E-state index contributed by atoms with van der Waals surface area (Å²) in [5, 5.41) is 9.09. The third-order valence-corrected chi connectivity index (χ3v) is 17.1. The van der Waals surface area contributed by atoms with E-state index in [0.717, 1.165) is 12.8 Å². The summed E-state index contributed by atoms with van der Waals surface area (Å²) in [7, 11) is 0. The van der Waals surface area contributed by atoms with E-state index < -0.39 is 0 Å². The van der Waals surface area contributed by atoms with Gasteiger partial charge in [0.05, 0.1) is 11.4 Å². The first-order valence-corrected chi connectivity index (χ1v) is 26.0. The molecular weight excluding hydrogens is 852 g/mol. The van der Waals surface area contributed by atoms with Gasteiger partial charge in [-0.3, -0.25) is 0 Å². The molecule has 0 amide bonds. The molecule has 0 saturated heterocycles. The molecule has 2 aliphatic rings. The van der Waals surface area contributed by atoms with Gasteiger partial charge < -0.3 is 9.80 Å². The Bertz CT molecular complexity index is 3670. The van der Waals surface area contributed by atoms with Gasteiger partial charge in [-0.25, -0.2) is 0 Å². The molecule has 3 heterocycles. The molecule has 2 aliphatic heterocycles. The first-order chi connectivity index (χ1) is 33.1. The second kappa shape index (κ2) is 15.7. The highest BCUT2D eigenvalue weighted by molar-refractivity contribution is 7.33. The van der Waals surface area contributed by atoms with Crippen LogP contribution < -0.4 is 25.5 Å². The first-order valence-electron chi connectivity index (χ1n) is 25.2. The molecule has 0 N–H and O–H groups in total. The van der Waals surface area contributed by atoms with Gasteiger partial charge in [-0.1, -0.05) is 172 Å². The number of thiophene rings is 1. The topological polar surface area (TPSA) is 6.48 Å². The number of hydrogen-bond donors (Lipinski definition) is 0. The number of anilines is 6. The Morgan fingerprint density at radius 2 is 1.04 bits per heavy atom. The van der Waals surface area contributed by atoms with E-state index in [0.29, 0.717) is 0 Å². The summed E-state index contributed by atoms with van der Waals surface area (Å²) in [6.07, 6.45) is 2.06. The van der Waals surface area contributed by atoms with Crippen molar-refractivity contribution in [1.82, 2.24) is 0 Å². The van der Waals surface area contributed by atoms with Crippen molar-refractivity contribution in [3.8, 4) is 11.1 Å². The van der Waals surface area contributed by atoms with Gasteiger partial charge in [0.25, 0.3) is 6.71 Å². The molecule has 0 aliphatic carbocycles. The van der Waals surface area contributed by atoms with Gasteiger partial charge in [0.1, 0.15) is 0 Å². The van der Waals surface area contributed by atoms with Crippen LogP contribution in [-0.2, 0) is 22.7 Å². The van der Waals surface area contributed by atoms with Crippen LogP contribution in [0.3, 0.4) is 0 Å². The molecular formula is C65H61BN2S. The van der Waals surface area contributed by atoms with Gasteiger partial charge in [-0.2, -0.15) is 0 Å². The SMILES string of the molecule is CCc1ccc(N2c3cccc4c3B(c3cc(C(C)(C)CC)ccc3N4c3ccc(C(C)(C)C)cc3-c3ccc4c5ccccc5c5ccccc5c4c3)c3sc4ccc(C(C)(C)C)cc4c32)cc1. The van der Waals surface area contributed by atoms with Crippen LogP contribution in [0.25, 0.3) is 53.5 Å². The molecule has 0 fully saturated rings. The van der Waals surface area contributed by atoms with Gasteiger partial charge in [0.15, 0.2) is 0 Å². The molecule has 1 aromatic heterocycles. The molecule has 340 valence electrons. The summed E-state index contributed by atoms with van der Waals surface area (Å²) in [5.74, 6) is 0. The summed E-state index contributed by atoms with van der Waals surface area (Å²) >= 11 is 1.99. The minimum absolute atomic E-state index is 0.00351. The molecule has 12 rings (SSSR count). The molecule has 0 bridgehead atoms. The maximum Gasteiger partial charge on any atom is 0.264 e. The third kappa shape index (κ3) is 6.80. The van der Waals surface area contributed by atoms with Crippen LogP contribution in [0.4, 0.5) is 34.1 Å². The van der Waals surface area contributed by atoms with Crippen LogP contribution in [0.2, 0.25) is 0 Å². The van der Waals surface area contributed by atoms with Gasteiger partial charge >= 0.3 is 0 Å². The lowest BCUT2D eigenvalue weighted by Crippen LogP contribution is -2.60. The summed E-state index contributed by atoms with van der Waals surface area (Å²) in [6, 6.07) is 63.6. The predicted octanol–water partition coefficient (Wildman–Crippen LogP) is 17.0. The van der Waals surface area contributed by atoms with Crippen molar-refractivity contribution in [1.29, 1.82) is 0 Å². The highest BCUT2D eigenvalue weighted by Gasteiger charge is 2.46. The van der Waals surface area contributed by atoms with E-state index in [1.807, 2.05) is 11.3 Å². The van der Waals surface area contributed by atoms with Crippen LogP contribution in [-0.4, -0.2) is 6.71 Å². The molecule has 9 aromatic carbocycles. The Labute approximate surface area is 413 Å². The fourth-order valence-corrected chi connectivity index (χ4v) is 12.7. The molecule has 4 heteroatoms. The zero-order chi connectivity index (χ0) is 47.7. The van der Waals surface area contributed by atoms with Gasteiger partial charge in [0.2, 0.25) is 0 Å². The lowest BCUT2D eigenvalue weighted by Gasteiger charge is -2.44. The smallest absolute Gasteiger partial charge is 0.264 e. The second-order valence-corrected chi connectivity index (χ2v) is 23.5. The highest BCUT2D eigenvalue weighted by atomic mass is 32.1. The largest absolute Gasteiger partial charge is 0.311 e. The molecule has 0 saturated carbocycles. The zero-order valence-corrected chi connectivity index (χ0v) is 42.7. The van der Waals surface area contributed by atoms with Gasteiger partial charge in [-0.15, -0.1) is 11.3 Å². The Morgan fingerprint density at radius 1 is 0.464 bits per heavy atom. The van der Waals surface area contributed by atoms with Crippen molar-refractivity contribution in [2.75, 3.05) is 9.80 Å². The summed E-state index contributed by atoms with van der Waals surface area (Å²) < 4.78 is 2.75. The fourth-order valence-electron chi connectivity index (χ4n) is 11.4. The van der Waals surface area contributed by atoms with E-state index in [1.165, 1.54) is 126 Å². The Balaban J connectivity index is 1.17. The Morgan fingerprint density at radius 3 is 1.68 bits per heavy atom. The maximum atomic E-state index is 2.63. The van der Waals surface area contributed by atoms with Crippen LogP contribution in [0.1, 0.15) is 97.9 Å². The van der Waals surface area contributed by atoms with Gasteiger partial charge in [-0.05, 0) is 161 Å². The van der Waals surface area contributed by atoms with Crippen molar-refractivity contribution in [3.63, 3.8) is 0 Å². The fraction of sp³-hybridized carbons (Fsp3) is 0.231. The van der Waals surface area contributed by atoms with Crippen molar-refractivity contribution in [2.24, 2.45) is 0 Å². The molecule has 0 unspecified atom stereocenters. The summed E-state index contributed by atoms with van der Waals surface area (Å²) in [6.45, 7) is 23.5. The Kier molecular flexibility index (Phi) is 9.93. The maximum absolute atomic E-state index is 2.63. The van der Waals surface area contributed by atoms with Crippen molar-refractivity contribution >= 4 is 110 Å². The number of fused-ring (bicyclic) bond motifs is 12. The standard InChI is InChI=1S/C65H61BN2S/c1-11-40-24-30-45(31-25-40)67-57-22-17-23-58-60(57)66(62-61(67)53-38-43(64(6,7)8)29-35-59(53)69-62)54-39-44(65(9,10)12-2)28-34-56(54)68(58)55-33-27-42(63(3,4)5)37-51(55)41-26-32-50-48-20-14-13-18-46(48)47-19-15-16-21-49(47)52(50)36-41/h13-39H,11-12H2,1-10H3. The Hall–Kier alpha value is -6.62. The normalized spacial score (nSPS) is 13.7. The second-order valence-electron chi connectivity index (χ2n) is 22.5. The number of rotatable bonds is 6. The number of hydrogen-bond acceptors (Lipinski definition) is 3. The highest BCUT2D eigenvalue weighted by Crippen LogP contribution is 2.51. The van der Waals surface area contributed by atoms with Crippen molar-refractivity contribution in [3.05, 3.63) is 186 Å². The lowest BCUT2D eigenvalue weighted by atomic mass is 9.36. The monoisotopic (exact) mass is 912 g/mol. The van der Waals surface area contributed by atoms with Crippen LogP contribution in [0.15, 0.2) is 164 Å². The van der Waals surface area contributed by atoms with Crippen molar-refractivity contribution in [2.45, 2.75) is 98.3 Å². The number of nitrogens with zero attached hydrogens (tertiary/aromatic N) is 2. The van der Waals surface area contributed by atoms with E-state index in [-0.39, 0.29) is 23.0 Å². The van der Waals surface area contributed by atoms with E-state index >= 15 is 0 Å². The molecule has 2 nitrogen and oxygen atoms in total. The molecule has 0 spiro atoms. The van der Waals surface area contributed by atoms with Crippen LogP contribution >= 0.6 is 11.3 Å². The lowest BCUT2D eigenvalue weighted by molar-refractivity contribution is 0.506. The number of aryl methyl sites for hydroxylation is 1. The minimum Gasteiger partial charge on any atom is -0.311 e. The van der Waals surface area contributed by atoms with Crippen LogP contribution in [0.5, 0.6) is 0 Å². The summed E-state index contributed by atoms with van der Waals surface area (Å²) in [4.78, 5) is 5.24. The average Bonchev–Trinajstić information content (AvgIpc) is 3.74. The zero-order valence-electron chi connectivity index (χ0n) is 41.9. The van der Waals surface area contributed by atoms with Crippen molar-refractivity contribution < 1.29 is 0 Å². The number of benzene rings is 9. The van der Waals surface area contributed by atoms with E-state index in [9.17, 15) is 0 Å². The van der Waals surface area contributed by atoms with Gasteiger partial charge in [0, 0.05) is 43.2 Å². The first kappa shape index (κ1) is 43.7. The minimum atomic E-state index is -0.0528. The third-order valence-electron chi connectivity index (χ3n) is 15.9. The van der Waals surface area contributed by atoms with Crippen LogP contribution in [0, 0.1) is 0 Å². The summed E-state index contributed by atoms with van der Waals surface area (Å²) in [5.41, 5.74) is 18.0. The van der Waals surface area contributed by atoms with E-state index in [2.05, 4.69) is 243 Å². The quantitative estimate of drug-likeness (QED) is 0.121. The van der Waals surface area contributed by atoms with E-state index in [1.54, 1.807) is 0 Å². The predicted molar refractivity (Wildman–Crippen MR) is 304 cm³/mol. The molecule has 10 aromatic rings. The average molecular weight is 913 g/mol.